The molecular formula is C23H23NO2. The number of hydrogen-bond donors (Lipinski definition) is 0. The summed E-state index contributed by atoms with van der Waals surface area (Å²) in [5, 5.41) is 0. The van der Waals surface area contributed by atoms with Crippen molar-refractivity contribution < 1.29 is 9.53 Å². The molecule has 3 heteroatoms. The molecule has 1 atom stereocenters. The highest BCUT2D eigenvalue weighted by Gasteiger charge is 2.30. The van der Waals surface area contributed by atoms with Crippen LogP contribution in [0.15, 0.2) is 48.5 Å². The van der Waals surface area contributed by atoms with Crippen LogP contribution in [0.2, 0.25) is 0 Å². The van der Waals surface area contributed by atoms with Gasteiger partial charge in [0.15, 0.2) is 0 Å². The second kappa shape index (κ2) is 7.25. The molecule has 132 valence electrons. The van der Waals surface area contributed by atoms with Gasteiger partial charge < -0.3 is 9.64 Å². The van der Waals surface area contributed by atoms with Crippen LogP contribution in [0.3, 0.4) is 0 Å². The number of hydrogen-bond acceptors (Lipinski definition) is 2. The molecule has 1 unspecified atom stereocenters. The first-order valence-electron chi connectivity index (χ1n) is 9.34. The zero-order valence-electron chi connectivity index (χ0n) is 14.9. The quantitative estimate of drug-likeness (QED) is 0.740. The molecule has 3 nitrogen and oxygen atoms in total. The van der Waals surface area contributed by atoms with E-state index in [0.29, 0.717) is 13.2 Å². The average Bonchev–Trinajstić information content (AvgIpc) is 2.83. The van der Waals surface area contributed by atoms with Crippen molar-refractivity contribution in [3.8, 4) is 23.5 Å². The van der Waals surface area contributed by atoms with Crippen LogP contribution in [-0.4, -0.2) is 30.7 Å². The van der Waals surface area contributed by atoms with Gasteiger partial charge in [0.25, 0.3) is 0 Å². The van der Waals surface area contributed by atoms with Gasteiger partial charge in [-0.05, 0) is 41.5 Å². The molecule has 1 amide bonds. The van der Waals surface area contributed by atoms with Gasteiger partial charge in [-0.1, -0.05) is 48.5 Å². The number of carbonyl (C=O) groups is 1. The third-order valence-electron chi connectivity index (χ3n) is 5.56. The van der Waals surface area contributed by atoms with Crippen LogP contribution in [0, 0.1) is 18.3 Å². The summed E-state index contributed by atoms with van der Waals surface area (Å²) in [4.78, 5) is 14.4. The molecule has 1 heterocycles. The molecule has 0 bridgehead atoms. The summed E-state index contributed by atoms with van der Waals surface area (Å²) in [6.07, 6.45) is 8.12. The number of terminal acetylenes is 1. The maximum atomic E-state index is 12.6. The first-order valence-corrected chi connectivity index (χ1v) is 9.34. The van der Waals surface area contributed by atoms with Gasteiger partial charge in [-0.25, -0.2) is 4.79 Å². The number of rotatable bonds is 2. The van der Waals surface area contributed by atoms with E-state index in [-0.39, 0.29) is 17.9 Å². The van der Waals surface area contributed by atoms with Crippen LogP contribution >= 0.6 is 0 Å². The number of carbonyl (C=O) groups excluding carboxylic acids is 1. The standard InChI is InChI=1S/C23H23NO2/c1-2-17-8-7-14-24(15-13-17)23(25)26-16-22-20-11-5-3-9-18(20)19-10-4-6-12-21(19)22/h1,3-6,9-12,17,22H,7-8,13-16H2. The SMILES string of the molecule is C#CC1CCCN(C(=O)OCC2c3ccccc3-c3ccccc32)CC1. The van der Waals surface area contributed by atoms with Gasteiger partial charge in [-0.15, -0.1) is 12.3 Å². The second-order valence-electron chi connectivity index (χ2n) is 7.09. The summed E-state index contributed by atoms with van der Waals surface area (Å²) in [7, 11) is 0. The predicted octanol–water partition coefficient (Wildman–Crippen LogP) is 4.67. The molecule has 1 aliphatic carbocycles. The zero-order valence-corrected chi connectivity index (χ0v) is 14.9. The molecule has 2 aliphatic rings. The number of likely N-dealkylation sites (tertiary alicyclic amines) is 1. The molecule has 4 rings (SSSR count). The monoisotopic (exact) mass is 345 g/mol. The van der Waals surface area contributed by atoms with Gasteiger partial charge in [-0.2, -0.15) is 0 Å². The molecule has 2 aromatic rings. The van der Waals surface area contributed by atoms with E-state index in [9.17, 15) is 4.79 Å². The van der Waals surface area contributed by atoms with Crippen molar-refractivity contribution >= 4 is 6.09 Å². The van der Waals surface area contributed by atoms with E-state index in [1.807, 2.05) is 17.0 Å². The third-order valence-corrected chi connectivity index (χ3v) is 5.56. The Labute approximate surface area is 155 Å². The van der Waals surface area contributed by atoms with Crippen molar-refractivity contribution in [2.75, 3.05) is 19.7 Å². The highest BCUT2D eigenvalue weighted by molar-refractivity contribution is 5.79. The molecule has 0 spiro atoms. The van der Waals surface area contributed by atoms with Crippen LogP contribution in [-0.2, 0) is 4.74 Å². The Kier molecular flexibility index (Phi) is 4.67. The second-order valence-corrected chi connectivity index (χ2v) is 7.09. The number of benzene rings is 2. The van der Waals surface area contributed by atoms with Gasteiger partial charge in [0.1, 0.15) is 6.61 Å². The molecule has 2 aromatic carbocycles. The van der Waals surface area contributed by atoms with Crippen molar-refractivity contribution in [1.29, 1.82) is 0 Å². The van der Waals surface area contributed by atoms with Crippen molar-refractivity contribution in [2.24, 2.45) is 5.92 Å². The van der Waals surface area contributed by atoms with E-state index in [0.717, 1.165) is 25.8 Å². The number of amides is 1. The lowest BCUT2D eigenvalue weighted by Crippen LogP contribution is -2.33. The fraction of sp³-hybridized carbons (Fsp3) is 0.348. The number of fused-ring (bicyclic) bond motifs is 3. The van der Waals surface area contributed by atoms with Crippen molar-refractivity contribution in [3.05, 3.63) is 59.7 Å². The highest BCUT2D eigenvalue weighted by Crippen LogP contribution is 2.44. The van der Waals surface area contributed by atoms with E-state index in [1.54, 1.807) is 0 Å². The predicted molar refractivity (Wildman–Crippen MR) is 103 cm³/mol. The van der Waals surface area contributed by atoms with Crippen LogP contribution in [0.25, 0.3) is 11.1 Å². The molecule has 1 aliphatic heterocycles. The Morgan fingerprint density at radius 3 is 2.35 bits per heavy atom. The van der Waals surface area contributed by atoms with Gasteiger partial charge in [-0.3, -0.25) is 0 Å². The third kappa shape index (κ3) is 3.08. The van der Waals surface area contributed by atoms with Crippen LogP contribution in [0.4, 0.5) is 4.79 Å². The molecule has 26 heavy (non-hydrogen) atoms. The van der Waals surface area contributed by atoms with E-state index >= 15 is 0 Å². The fourth-order valence-corrected chi connectivity index (χ4v) is 4.13. The molecule has 1 saturated heterocycles. The minimum Gasteiger partial charge on any atom is -0.448 e. The largest absolute Gasteiger partial charge is 0.448 e. The minimum atomic E-state index is -0.218. The van der Waals surface area contributed by atoms with Crippen molar-refractivity contribution in [2.45, 2.75) is 25.2 Å². The van der Waals surface area contributed by atoms with E-state index in [1.165, 1.54) is 22.3 Å². The smallest absolute Gasteiger partial charge is 0.409 e. The van der Waals surface area contributed by atoms with Crippen LogP contribution in [0.5, 0.6) is 0 Å². The Morgan fingerprint density at radius 2 is 1.69 bits per heavy atom. The zero-order chi connectivity index (χ0) is 17.9. The Hall–Kier alpha value is -2.73. The normalized spacial score (nSPS) is 19.2. The average molecular weight is 345 g/mol. The fourth-order valence-electron chi connectivity index (χ4n) is 4.13. The molecule has 0 saturated carbocycles. The maximum Gasteiger partial charge on any atom is 0.409 e. The van der Waals surface area contributed by atoms with E-state index in [2.05, 4.69) is 42.3 Å². The lowest BCUT2D eigenvalue weighted by molar-refractivity contribution is 0.101. The lowest BCUT2D eigenvalue weighted by atomic mass is 9.98. The lowest BCUT2D eigenvalue weighted by Gasteiger charge is -2.21. The van der Waals surface area contributed by atoms with Crippen molar-refractivity contribution in [1.82, 2.24) is 4.90 Å². The molecule has 0 radical (unpaired) electrons. The molecule has 0 N–H and O–H groups in total. The topological polar surface area (TPSA) is 29.5 Å². The first-order chi connectivity index (χ1) is 12.8. The first kappa shape index (κ1) is 16.7. The minimum absolute atomic E-state index is 0.108. The molecular weight excluding hydrogens is 322 g/mol. The van der Waals surface area contributed by atoms with Crippen LogP contribution < -0.4 is 0 Å². The molecule has 1 fully saturated rings. The summed E-state index contributed by atoms with van der Waals surface area (Å²) < 4.78 is 5.74. The summed E-state index contributed by atoms with van der Waals surface area (Å²) in [6.45, 7) is 1.79. The number of nitrogens with zero attached hydrogens (tertiary/aromatic N) is 1. The van der Waals surface area contributed by atoms with E-state index in [4.69, 9.17) is 11.2 Å². The van der Waals surface area contributed by atoms with Gasteiger partial charge in [0.2, 0.25) is 0 Å². The highest BCUT2D eigenvalue weighted by atomic mass is 16.6. The Morgan fingerprint density at radius 1 is 1.04 bits per heavy atom. The van der Waals surface area contributed by atoms with E-state index < -0.39 is 0 Å². The summed E-state index contributed by atoms with van der Waals surface area (Å²) >= 11 is 0. The van der Waals surface area contributed by atoms with Gasteiger partial charge in [0.05, 0.1) is 0 Å². The number of ether oxygens (including phenoxy) is 1. The molecule has 0 aromatic heterocycles. The summed E-state index contributed by atoms with van der Waals surface area (Å²) in [6, 6.07) is 16.8. The summed E-state index contributed by atoms with van der Waals surface area (Å²) in [5.41, 5.74) is 4.97. The van der Waals surface area contributed by atoms with Crippen molar-refractivity contribution in [3.63, 3.8) is 0 Å². The Balaban J connectivity index is 1.46. The maximum absolute atomic E-state index is 12.6. The summed E-state index contributed by atoms with van der Waals surface area (Å²) in [5.74, 6) is 3.21. The van der Waals surface area contributed by atoms with Crippen LogP contribution in [0.1, 0.15) is 36.3 Å². The Bertz CT molecular complexity index is 806. The van der Waals surface area contributed by atoms with Gasteiger partial charge >= 0.3 is 6.09 Å². The van der Waals surface area contributed by atoms with Gasteiger partial charge in [0, 0.05) is 24.9 Å².